The topological polar surface area (TPSA) is 87.5 Å². The average molecular weight is 346 g/mol. The van der Waals surface area contributed by atoms with Gasteiger partial charge in [-0.1, -0.05) is 12.1 Å². The largest absolute Gasteiger partial charge is 0.369 e. The zero-order valence-electron chi connectivity index (χ0n) is 15.3. The van der Waals surface area contributed by atoms with Crippen molar-refractivity contribution in [3.63, 3.8) is 0 Å². The molecule has 1 heterocycles. The number of urea groups is 1. The molecule has 1 aromatic rings. The number of rotatable bonds is 7. The number of benzene rings is 1. The Labute approximate surface area is 150 Å². The molecule has 1 aliphatic rings. The van der Waals surface area contributed by atoms with E-state index in [2.05, 4.69) is 15.5 Å². The van der Waals surface area contributed by atoms with E-state index in [-0.39, 0.29) is 17.9 Å². The van der Waals surface area contributed by atoms with E-state index in [0.29, 0.717) is 6.54 Å². The second kappa shape index (κ2) is 9.42. The third-order valence-electron chi connectivity index (χ3n) is 5.03. The molecule has 138 valence electrons. The van der Waals surface area contributed by atoms with Crippen molar-refractivity contribution in [3.05, 3.63) is 29.3 Å². The van der Waals surface area contributed by atoms with E-state index in [9.17, 15) is 9.59 Å². The van der Waals surface area contributed by atoms with Crippen LogP contribution in [0, 0.1) is 19.8 Å². The number of carbonyl (C=O) groups excluding carboxylic acids is 2. The fraction of sp³-hybridized carbons (Fsp3) is 0.579. The Morgan fingerprint density at radius 3 is 2.60 bits per heavy atom. The summed E-state index contributed by atoms with van der Waals surface area (Å²) in [6, 6.07) is 5.73. The zero-order chi connectivity index (χ0) is 18.2. The van der Waals surface area contributed by atoms with E-state index < -0.39 is 0 Å². The van der Waals surface area contributed by atoms with Gasteiger partial charge in [-0.15, -0.1) is 0 Å². The van der Waals surface area contributed by atoms with E-state index in [0.717, 1.165) is 62.1 Å². The fourth-order valence-electron chi connectivity index (χ4n) is 3.16. The predicted molar refractivity (Wildman–Crippen MR) is 101 cm³/mol. The van der Waals surface area contributed by atoms with Gasteiger partial charge in [-0.3, -0.25) is 4.79 Å². The number of piperidine rings is 1. The lowest BCUT2D eigenvalue weighted by molar-refractivity contribution is -0.123. The number of unbranched alkanes of at least 4 members (excludes halogenated alkanes) is 1. The molecule has 0 aromatic heterocycles. The molecule has 0 radical (unpaired) electrons. The maximum absolute atomic E-state index is 12.0. The molecule has 1 saturated heterocycles. The summed E-state index contributed by atoms with van der Waals surface area (Å²) in [4.78, 5) is 25.5. The Balaban J connectivity index is 1.58. The number of nitrogens with two attached hydrogens (primary N) is 1. The van der Waals surface area contributed by atoms with Crippen molar-refractivity contribution in [2.24, 2.45) is 11.7 Å². The van der Waals surface area contributed by atoms with E-state index in [1.54, 1.807) is 0 Å². The van der Waals surface area contributed by atoms with Crippen molar-refractivity contribution in [1.29, 1.82) is 0 Å². The summed E-state index contributed by atoms with van der Waals surface area (Å²) in [5.41, 5.74) is 8.47. The lowest BCUT2D eigenvalue weighted by Crippen LogP contribution is -2.39. The molecule has 1 fully saturated rings. The molecular weight excluding hydrogens is 316 g/mol. The number of anilines is 1. The number of amides is 3. The molecule has 0 unspecified atom stereocenters. The summed E-state index contributed by atoms with van der Waals surface area (Å²) >= 11 is 0. The van der Waals surface area contributed by atoms with Crippen LogP contribution in [-0.2, 0) is 4.79 Å². The molecule has 6 nitrogen and oxygen atoms in total. The number of carbonyl (C=O) groups is 2. The molecule has 1 aromatic carbocycles. The average Bonchev–Trinajstić information content (AvgIpc) is 2.59. The smallest absolute Gasteiger partial charge is 0.319 e. The van der Waals surface area contributed by atoms with Gasteiger partial charge in [0.15, 0.2) is 0 Å². The summed E-state index contributed by atoms with van der Waals surface area (Å²) in [6.45, 7) is 7.58. The SMILES string of the molecule is Cc1cccc(NC(=O)NCCCCN2CCC(C(N)=O)CC2)c1C. The standard InChI is InChI=1S/C19H30N4O2/c1-14-6-5-7-17(15(14)2)22-19(25)21-10-3-4-11-23-12-8-16(9-13-23)18(20)24/h5-7,16H,3-4,8-13H2,1-2H3,(H2,20,24)(H2,21,22,25). The van der Waals surface area contributed by atoms with E-state index >= 15 is 0 Å². The number of hydrogen-bond acceptors (Lipinski definition) is 3. The van der Waals surface area contributed by atoms with Crippen LogP contribution in [0.4, 0.5) is 10.5 Å². The van der Waals surface area contributed by atoms with Crippen molar-refractivity contribution >= 4 is 17.6 Å². The van der Waals surface area contributed by atoms with Gasteiger partial charge in [-0.05, 0) is 76.4 Å². The molecule has 0 aliphatic carbocycles. The number of aryl methyl sites for hydroxylation is 1. The van der Waals surface area contributed by atoms with Gasteiger partial charge < -0.3 is 21.3 Å². The lowest BCUT2D eigenvalue weighted by Gasteiger charge is -2.30. The number of hydrogen-bond donors (Lipinski definition) is 3. The summed E-state index contributed by atoms with van der Waals surface area (Å²) in [7, 11) is 0. The van der Waals surface area contributed by atoms with Gasteiger partial charge in [0.05, 0.1) is 0 Å². The van der Waals surface area contributed by atoms with E-state index in [4.69, 9.17) is 5.73 Å². The van der Waals surface area contributed by atoms with Crippen molar-refractivity contribution in [1.82, 2.24) is 10.2 Å². The molecule has 0 saturated carbocycles. The normalized spacial score (nSPS) is 15.8. The molecule has 6 heteroatoms. The zero-order valence-corrected chi connectivity index (χ0v) is 15.3. The first-order valence-electron chi connectivity index (χ1n) is 9.10. The second-order valence-corrected chi connectivity index (χ2v) is 6.85. The molecule has 3 amide bonds. The Hall–Kier alpha value is -2.08. The van der Waals surface area contributed by atoms with Gasteiger partial charge in [0.1, 0.15) is 0 Å². The second-order valence-electron chi connectivity index (χ2n) is 6.85. The van der Waals surface area contributed by atoms with Crippen molar-refractivity contribution in [2.45, 2.75) is 39.5 Å². The van der Waals surface area contributed by atoms with Crippen LogP contribution in [0.2, 0.25) is 0 Å². The minimum atomic E-state index is -0.168. The highest BCUT2D eigenvalue weighted by Gasteiger charge is 2.22. The predicted octanol–water partition coefficient (Wildman–Crippen LogP) is 2.40. The summed E-state index contributed by atoms with van der Waals surface area (Å²) in [5, 5.41) is 5.81. The molecular formula is C19H30N4O2. The Bertz CT molecular complexity index is 595. The van der Waals surface area contributed by atoms with Gasteiger partial charge >= 0.3 is 6.03 Å². The van der Waals surface area contributed by atoms with E-state index in [1.807, 2.05) is 32.0 Å². The molecule has 25 heavy (non-hydrogen) atoms. The maximum atomic E-state index is 12.0. The quantitative estimate of drug-likeness (QED) is 0.663. The minimum Gasteiger partial charge on any atom is -0.369 e. The highest BCUT2D eigenvalue weighted by atomic mass is 16.2. The third kappa shape index (κ3) is 6.05. The van der Waals surface area contributed by atoms with Crippen LogP contribution in [0.5, 0.6) is 0 Å². The molecule has 1 aliphatic heterocycles. The Morgan fingerprint density at radius 1 is 1.20 bits per heavy atom. The number of likely N-dealkylation sites (tertiary alicyclic amines) is 1. The van der Waals surface area contributed by atoms with E-state index in [1.165, 1.54) is 0 Å². The maximum Gasteiger partial charge on any atom is 0.319 e. The molecule has 4 N–H and O–H groups in total. The number of nitrogens with one attached hydrogen (secondary N) is 2. The van der Waals surface area contributed by atoms with Gasteiger partial charge in [-0.2, -0.15) is 0 Å². The Kier molecular flexibility index (Phi) is 7.25. The van der Waals surface area contributed by atoms with Crippen molar-refractivity contribution in [3.8, 4) is 0 Å². The molecule has 0 spiro atoms. The van der Waals surface area contributed by atoms with Gasteiger partial charge in [0.25, 0.3) is 0 Å². The first-order valence-corrected chi connectivity index (χ1v) is 9.10. The van der Waals surface area contributed by atoms with Crippen LogP contribution in [-0.4, -0.2) is 43.0 Å². The molecule has 0 atom stereocenters. The number of nitrogens with zero attached hydrogens (tertiary/aromatic N) is 1. The third-order valence-corrected chi connectivity index (χ3v) is 5.03. The first-order chi connectivity index (χ1) is 12.0. The fourth-order valence-corrected chi connectivity index (χ4v) is 3.16. The first kappa shape index (κ1) is 19.2. The van der Waals surface area contributed by atoms with Gasteiger partial charge in [-0.25, -0.2) is 4.79 Å². The molecule has 2 rings (SSSR count). The van der Waals surface area contributed by atoms with Crippen LogP contribution in [0.15, 0.2) is 18.2 Å². The summed E-state index contributed by atoms with van der Waals surface area (Å²) < 4.78 is 0. The monoisotopic (exact) mass is 346 g/mol. The van der Waals surface area contributed by atoms with Crippen LogP contribution >= 0.6 is 0 Å². The highest BCUT2D eigenvalue weighted by Crippen LogP contribution is 2.18. The summed E-state index contributed by atoms with van der Waals surface area (Å²) in [6.07, 6.45) is 3.71. The lowest BCUT2D eigenvalue weighted by atomic mass is 9.96. The number of primary amides is 1. The van der Waals surface area contributed by atoms with Gasteiger partial charge in [0, 0.05) is 18.2 Å². The highest BCUT2D eigenvalue weighted by molar-refractivity contribution is 5.90. The molecule has 0 bridgehead atoms. The van der Waals surface area contributed by atoms with Crippen molar-refractivity contribution < 1.29 is 9.59 Å². The van der Waals surface area contributed by atoms with Crippen LogP contribution in [0.25, 0.3) is 0 Å². The van der Waals surface area contributed by atoms with Crippen LogP contribution in [0.1, 0.15) is 36.8 Å². The summed E-state index contributed by atoms with van der Waals surface area (Å²) in [5.74, 6) is -0.120. The van der Waals surface area contributed by atoms with Crippen LogP contribution < -0.4 is 16.4 Å². The van der Waals surface area contributed by atoms with Crippen molar-refractivity contribution in [2.75, 3.05) is 31.5 Å². The minimum absolute atomic E-state index is 0.0479. The van der Waals surface area contributed by atoms with Gasteiger partial charge in [0.2, 0.25) is 5.91 Å². The van der Waals surface area contributed by atoms with Crippen LogP contribution in [0.3, 0.4) is 0 Å². The Morgan fingerprint density at radius 2 is 1.92 bits per heavy atom.